The van der Waals surface area contributed by atoms with Crippen molar-refractivity contribution in [1.29, 1.82) is 0 Å². The third-order valence-corrected chi connectivity index (χ3v) is 4.39. The minimum absolute atomic E-state index is 0.0282. The first-order valence-corrected chi connectivity index (χ1v) is 8.91. The molecule has 0 spiro atoms. The van der Waals surface area contributed by atoms with E-state index >= 15 is 0 Å². The first kappa shape index (κ1) is 20.5. The Hall–Kier alpha value is -3.74. The molecule has 10 nitrogen and oxygen atoms in total. The molecule has 0 aliphatic carbocycles. The predicted molar refractivity (Wildman–Crippen MR) is 98.0 cm³/mol. The van der Waals surface area contributed by atoms with E-state index in [-0.39, 0.29) is 30.2 Å². The summed E-state index contributed by atoms with van der Waals surface area (Å²) in [7, 11) is 1.68. The Labute approximate surface area is 171 Å². The smallest absolute Gasteiger partial charge is 0.406 e. The fraction of sp³-hybridized carbons (Fsp3) is 0.278. The molecule has 4 aromatic rings. The molecule has 0 saturated heterocycles. The monoisotopic (exact) mass is 436 g/mol. The highest BCUT2D eigenvalue weighted by molar-refractivity contribution is 5.68. The number of aliphatic hydroxyl groups excluding tert-OH is 1. The summed E-state index contributed by atoms with van der Waals surface area (Å²) in [6, 6.07) is 4.81. The second-order valence-electron chi connectivity index (χ2n) is 6.65. The molecule has 3 aromatic heterocycles. The minimum atomic E-state index is -4.79. The minimum Gasteiger partial charge on any atom is -0.406 e. The Morgan fingerprint density at radius 2 is 1.90 bits per heavy atom. The molecule has 1 unspecified atom stereocenters. The molecular formula is C18H15F3N6O4. The topological polar surface area (TPSA) is 121 Å². The predicted octanol–water partition coefficient (Wildman–Crippen LogP) is 1.74. The van der Waals surface area contributed by atoms with Crippen molar-refractivity contribution in [2.75, 3.05) is 0 Å². The van der Waals surface area contributed by atoms with Crippen LogP contribution in [0.15, 0.2) is 46.2 Å². The number of benzene rings is 1. The van der Waals surface area contributed by atoms with E-state index in [0.717, 1.165) is 12.1 Å². The van der Waals surface area contributed by atoms with E-state index in [1.165, 1.54) is 29.4 Å². The molecule has 0 fully saturated rings. The van der Waals surface area contributed by atoms with E-state index < -0.39 is 18.2 Å². The molecule has 1 N–H and O–H groups in total. The number of aryl methyl sites for hydroxylation is 1. The molecule has 13 heteroatoms. The lowest BCUT2D eigenvalue weighted by atomic mass is 10.1. The van der Waals surface area contributed by atoms with Crippen LogP contribution in [-0.4, -0.2) is 40.7 Å². The molecule has 0 saturated carbocycles. The number of rotatable bonds is 6. The van der Waals surface area contributed by atoms with Crippen molar-refractivity contribution in [1.82, 2.24) is 29.2 Å². The largest absolute Gasteiger partial charge is 0.573 e. The Kier molecular flexibility index (Phi) is 5.19. The number of aliphatic hydroxyl groups is 1. The molecule has 1 atom stereocenters. The van der Waals surface area contributed by atoms with Crippen LogP contribution in [0.2, 0.25) is 0 Å². The van der Waals surface area contributed by atoms with Gasteiger partial charge in [-0.15, -0.1) is 13.2 Å². The van der Waals surface area contributed by atoms with E-state index in [0.29, 0.717) is 16.7 Å². The quantitative estimate of drug-likeness (QED) is 0.485. The summed E-state index contributed by atoms with van der Waals surface area (Å²) in [4.78, 5) is 24.8. The number of alkyl halides is 3. The summed E-state index contributed by atoms with van der Waals surface area (Å²) in [5.41, 5.74) is 0.675. The molecule has 4 rings (SSSR count). The van der Waals surface area contributed by atoms with E-state index in [9.17, 15) is 23.1 Å². The third-order valence-electron chi connectivity index (χ3n) is 4.39. The van der Waals surface area contributed by atoms with Crippen molar-refractivity contribution < 1.29 is 27.5 Å². The summed E-state index contributed by atoms with van der Waals surface area (Å²) in [6.07, 6.45) is -3.12. The molecule has 31 heavy (non-hydrogen) atoms. The van der Waals surface area contributed by atoms with Gasteiger partial charge >= 0.3 is 6.36 Å². The number of hydrogen-bond acceptors (Lipinski definition) is 8. The summed E-state index contributed by atoms with van der Waals surface area (Å²) in [6.45, 7) is -0.0282. The number of imidazole rings is 1. The molecule has 0 bridgehead atoms. The van der Waals surface area contributed by atoms with E-state index in [1.54, 1.807) is 11.6 Å². The zero-order chi connectivity index (χ0) is 22.2. The maximum Gasteiger partial charge on any atom is 0.573 e. The summed E-state index contributed by atoms with van der Waals surface area (Å²) >= 11 is 0. The van der Waals surface area contributed by atoms with Crippen molar-refractivity contribution >= 4 is 11.2 Å². The molecule has 1 aromatic carbocycles. The van der Waals surface area contributed by atoms with E-state index in [2.05, 4.69) is 24.8 Å². The van der Waals surface area contributed by atoms with Crippen LogP contribution in [0.25, 0.3) is 11.2 Å². The van der Waals surface area contributed by atoms with Gasteiger partial charge in [-0.1, -0.05) is 17.3 Å². The average Bonchev–Trinajstić information content (AvgIpc) is 3.30. The highest BCUT2D eigenvalue weighted by atomic mass is 19.4. The molecule has 3 heterocycles. The lowest BCUT2D eigenvalue weighted by molar-refractivity contribution is -0.274. The number of hydrogen-bond donors (Lipinski definition) is 1. The first-order chi connectivity index (χ1) is 14.7. The van der Waals surface area contributed by atoms with Gasteiger partial charge in [-0.3, -0.25) is 9.36 Å². The normalized spacial score (nSPS) is 12.9. The van der Waals surface area contributed by atoms with Crippen molar-refractivity contribution in [2.24, 2.45) is 7.05 Å². The van der Waals surface area contributed by atoms with Gasteiger partial charge in [0.2, 0.25) is 5.89 Å². The highest BCUT2D eigenvalue weighted by Crippen LogP contribution is 2.25. The van der Waals surface area contributed by atoms with Crippen molar-refractivity contribution in [3.05, 3.63) is 64.6 Å². The molecule has 0 aliphatic rings. The van der Waals surface area contributed by atoms with Crippen molar-refractivity contribution in [2.45, 2.75) is 25.4 Å². The highest BCUT2D eigenvalue weighted by Gasteiger charge is 2.31. The molecular weight excluding hydrogens is 421 g/mol. The van der Waals surface area contributed by atoms with Crippen LogP contribution in [0.1, 0.15) is 23.4 Å². The fourth-order valence-electron chi connectivity index (χ4n) is 2.95. The van der Waals surface area contributed by atoms with E-state index in [1.807, 2.05) is 0 Å². The lowest BCUT2D eigenvalue weighted by Gasteiger charge is -2.11. The zero-order valence-electron chi connectivity index (χ0n) is 15.9. The van der Waals surface area contributed by atoms with Gasteiger partial charge < -0.3 is 18.9 Å². The van der Waals surface area contributed by atoms with Gasteiger partial charge in [0, 0.05) is 13.5 Å². The van der Waals surface area contributed by atoms with Crippen molar-refractivity contribution in [3.8, 4) is 5.75 Å². The molecule has 0 radical (unpaired) electrons. The fourth-order valence-corrected chi connectivity index (χ4v) is 2.95. The van der Waals surface area contributed by atoms with Gasteiger partial charge in [0.15, 0.2) is 17.0 Å². The van der Waals surface area contributed by atoms with E-state index in [4.69, 9.17) is 4.52 Å². The van der Waals surface area contributed by atoms with Crippen LogP contribution in [-0.2, 0) is 20.0 Å². The van der Waals surface area contributed by atoms with Crippen molar-refractivity contribution in [3.63, 3.8) is 0 Å². The van der Waals surface area contributed by atoms with Gasteiger partial charge in [-0.2, -0.15) is 4.98 Å². The van der Waals surface area contributed by atoms with Gasteiger partial charge in [0.1, 0.15) is 18.6 Å². The Balaban J connectivity index is 1.44. The number of nitrogens with zero attached hydrogens (tertiary/aromatic N) is 6. The van der Waals surface area contributed by atoms with Gasteiger partial charge in [-0.25, -0.2) is 9.97 Å². The Bertz CT molecular complexity index is 1260. The number of aromatic nitrogens is 6. The number of halogens is 3. The average molecular weight is 436 g/mol. The van der Waals surface area contributed by atoms with Crippen LogP contribution >= 0.6 is 0 Å². The lowest BCUT2D eigenvalue weighted by Crippen LogP contribution is -2.22. The second kappa shape index (κ2) is 7.83. The Morgan fingerprint density at radius 1 is 1.19 bits per heavy atom. The maximum atomic E-state index is 12.6. The second-order valence-corrected chi connectivity index (χ2v) is 6.65. The van der Waals surface area contributed by atoms with Gasteiger partial charge in [-0.05, 0) is 17.7 Å². The molecule has 0 aliphatic heterocycles. The van der Waals surface area contributed by atoms with Crippen LogP contribution in [0, 0.1) is 0 Å². The molecule has 162 valence electrons. The number of fused-ring (bicyclic) bond motifs is 1. The van der Waals surface area contributed by atoms with Crippen LogP contribution in [0.5, 0.6) is 5.75 Å². The summed E-state index contributed by atoms with van der Waals surface area (Å²) in [5.74, 6) is -0.1000. The maximum absolute atomic E-state index is 12.6. The SMILES string of the molecule is Cn1cnc2ncn(Cc3nc(CC(O)c4ccc(OC(F)(F)F)cc4)no3)c(=O)c21. The van der Waals surface area contributed by atoms with Gasteiger partial charge in [0.25, 0.3) is 5.56 Å². The van der Waals surface area contributed by atoms with Crippen LogP contribution in [0.3, 0.4) is 0 Å². The van der Waals surface area contributed by atoms with Gasteiger partial charge in [0.05, 0.1) is 12.4 Å². The molecule has 0 amide bonds. The van der Waals surface area contributed by atoms with Crippen LogP contribution < -0.4 is 10.3 Å². The first-order valence-electron chi connectivity index (χ1n) is 8.91. The zero-order valence-corrected chi connectivity index (χ0v) is 15.9. The number of ether oxygens (including phenoxy) is 1. The standard InChI is InChI=1S/C18H15F3N6O4/c1-26-8-22-16-15(26)17(29)27(9-23-16)7-14-24-13(25-31-14)6-12(28)10-2-4-11(5-3-10)30-18(19,20)21/h2-5,8-9,12,28H,6-7H2,1H3. The summed E-state index contributed by atoms with van der Waals surface area (Å²) < 4.78 is 48.4. The Morgan fingerprint density at radius 3 is 2.61 bits per heavy atom. The third kappa shape index (κ3) is 4.55. The van der Waals surface area contributed by atoms with Crippen LogP contribution in [0.4, 0.5) is 13.2 Å². The summed E-state index contributed by atoms with van der Waals surface area (Å²) in [5, 5.41) is 14.1.